The Bertz CT molecular complexity index is 4590. The highest BCUT2D eigenvalue weighted by atomic mass is 16.3. The topological polar surface area (TPSA) is 572 Å². The summed E-state index contributed by atoms with van der Waals surface area (Å²) in [7, 11) is 0. The van der Waals surface area contributed by atoms with Gasteiger partial charge in [0.2, 0.25) is 65.0 Å². The fourth-order valence-corrected chi connectivity index (χ4v) is 13.6. The maximum absolute atomic E-state index is 15.2. The SMILES string of the molecule is CC(C)C[C@H](NC(=O)[C@@H](CCCCNC(=O)c1ccc(CN(CCNC(=O)c2ccccn2)Cc2ccccn2)nc1)NC(=O)[C@H](Cc1ccc(O)cc1)NC(=O)[C@H](CO)NC(=O)[C@H](Cc1c[nH]c2ccccc12)NC(=O)[C@H](Cc1c[nH]cn1)NC(=O)[C@@H]1CCC(=O)N1)C(=O)N[C@@H](CCCNC(=N)N)C(=O)N1CCC[C@H]1C(=O)NCC(N)=O. The Balaban J connectivity index is 0.942. The minimum atomic E-state index is -1.85. The maximum atomic E-state index is 15.2. The first-order chi connectivity index (χ1) is 56.8. The van der Waals surface area contributed by atoms with Gasteiger partial charge in [-0.2, -0.15) is 0 Å². The number of carbonyl (C=O) groups excluding carboxylic acids is 13. The van der Waals surface area contributed by atoms with Crippen molar-refractivity contribution in [2.24, 2.45) is 17.4 Å². The smallest absolute Gasteiger partial charge is 0.269 e. The van der Waals surface area contributed by atoms with Crippen LogP contribution in [0.2, 0.25) is 0 Å². The molecule has 2 saturated heterocycles. The number of likely N-dealkylation sites (tertiary alicyclic amines) is 1. The lowest BCUT2D eigenvalue weighted by atomic mass is 10.00. The second-order valence-corrected chi connectivity index (χ2v) is 29.2. The van der Waals surface area contributed by atoms with E-state index in [0.29, 0.717) is 59.5 Å². The number of fused-ring (bicyclic) bond motifs is 1. The largest absolute Gasteiger partial charge is 0.508 e. The van der Waals surface area contributed by atoms with Crippen molar-refractivity contribution < 1.29 is 72.5 Å². The van der Waals surface area contributed by atoms with Crippen molar-refractivity contribution in [2.45, 2.75) is 165 Å². The van der Waals surface area contributed by atoms with Crippen LogP contribution in [0.5, 0.6) is 5.75 Å². The number of benzene rings is 2. The van der Waals surface area contributed by atoms with E-state index in [-0.39, 0.29) is 144 Å². The number of phenolic OH excluding ortho intramolecular Hbond substituents is 1. The first kappa shape index (κ1) is 88.7. The van der Waals surface area contributed by atoms with Crippen molar-refractivity contribution in [1.29, 1.82) is 5.41 Å². The molecule has 2 aliphatic rings. The molecule has 38 nitrogen and oxygen atoms in total. The second-order valence-electron chi connectivity index (χ2n) is 29.2. The number of aromatic nitrogens is 6. The lowest BCUT2D eigenvalue weighted by molar-refractivity contribution is -0.142. The number of unbranched alkanes of at least 4 members (excludes halogenated alkanes) is 1. The molecule has 0 aliphatic carbocycles. The molecule has 2 aliphatic heterocycles. The van der Waals surface area contributed by atoms with Crippen LogP contribution in [0, 0.1) is 11.3 Å². The van der Waals surface area contributed by atoms with Crippen LogP contribution in [0.4, 0.5) is 0 Å². The summed E-state index contributed by atoms with van der Waals surface area (Å²) >= 11 is 0. The summed E-state index contributed by atoms with van der Waals surface area (Å²) in [6.07, 6.45) is 9.48. The number of nitrogens with zero attached hydrogens (tertiary/aromatic N) is 6. The Hall–Kier alpha value is -13.3. The number of aliphatic hydroxyl groups excluding tert-OH is 1. The van der Waals surface area contributed by atoms with E-state index in [4.69, 9.17) is 16.9 Å². The highest BCUT2D eigenvalue weighted by molar-refractivity contribution is 6.00. The Labute approximate surface area is 679 Å². The van der Waals surface area contributed by atoms with Crippen LogP contribution in [-0.4, -0.2) is 233 Å². The van der Waals surface area contributed by atoms with Gasteiger partial charge in [0.1, 0.15) is 65.8 Å². The van der Waals surface area contributed by atoms with Crippen molar-refractivity contribution in [1.82, 2.24) is 104 Å². The molecule has 7 aromatic rings. The summed E-state index contributed by atoms with van der Waals surface area (Å²) in [6, 6.07) is 13.9. The third-order valence-electron chi connectivity index (χ3n) is 19.7. The molecule has 7 heterocycles. The highest BCUT2D eigenvalue weighted by Crippen LogP contribution is 2.23. The Morgan fingerprint density at radius 1 is 0.593 bits per heavy atom. The van der Waals surface area contributed by atoms with Gasteiger partial charge >= 0.3 is 0 Å². The number of carbonyl (C=O) groups is 13. The predicted molar refractivity (Wildman–Crippen MR) is 429 cm³/mol. The van der Waals surface area contributed by atoms with Crippen LogP contribution in [0.25, 0.3) is 10.9 Å². The van der Waals surface area contributed by atoms with Crippen LogP contribution in [0.1, 0.15) is 127 Å². The van der Waals surface area contributed by atoms with Gasteiger partial charge in [-0.25, -0.2) is 4.98 Å². The normalized spacial score (nSPS) is 15.5. The maximum Gasteiger partial charge on any atom is 0.269 e. The monoisotopic (exact) mass is 1630 g/mol. The molecule has 0 saturated carbocycles. The first-order valence-corrected chi connectivity index (χ1v) is 39.1. The summed E-state index contributed by atoms with van der Waals surface area (Å²) in [5, 5.41) is 62.0. The quantitative estimate of drug-likeness (QED) is 0.0116. The minimum Gasteiger partial charge on any atom is -0.508 e. The molecule has 21 N–H and O–H groups in total. The highest BCUT2D eigenvalue weighted by Gasteiger charge is 2.40. The molecule has 2 fully saturated rings. The number of hydrogen-bond donors (Lipinski definition) is 19. The van der Waals surface area contributed by atoms with Crippen LogP contribution >= 0.6 is 0 Å². The van der Waals surface area contributed by atoms with E-state index in [1.165, 1.54) is 54.1 Å². The number of guanidine groups is 1. The van der Waals surface area contributed by atoms with E-state index >= 15 is 9.59 Å². The number of rotatable bonds is 45. The van der Waals surface area contributed by atoms with Gasteiger partial charge in [0.15, 0.2) is 5.96 Å². The molecule has 0 radical (unpaired) electrons. The minimum absolute atomic E-state index is 0.0330. The molecule has 118 heavy (non-hydrogen) atoms. The number of para-hydroxylation sites is 1. The number of nitrogens with one attached hydrogen (secondary N) is 15. The Morgan fingerprint density at radius 3 is 1.87 bits per heavy atom. The number of nitrogens with two attached hydrogens (primary N) is 2. The number of hydrogen-bond acceptors (Lipinski definition) is 21. The molecule has 2 aromatic carbocycles. The zero-order chi connectivity index (χ0) is 84.6. The molecule has 9 rings (SSSR count). The van der Waals surface area contributed by atoms with Gasteiger partial charge in [-0.1, -0.05) is 56.3 Å². The molecule has 0 bridgehead atoms. The average molecular weight is 1630 g/mol. The van der Waals surface area contributed by atoms with E-state index in [1.807, 2.05) is 17.0 Å². The molecule has 628 valence electrons. The van der Waals surface area contributed by atoms with Gasteiger partial charge < -0.3 is 100 Å². The summed E-state index contributed by atoms with van der Waals surface area (Å²) in [6.45, 7) is 3.66. The van der Waals surface area contributed by atoms with Crippen molar-refractivity contribution in [3.63, 3.8) is 0 Å². The lowest BCUT2D eigenvalue weighted by Crippen LogP contribution is -2.61. The number of pyridine rings is 3. The fourth-order valence-electron chi connectivity index (χ4n) is 13.6. The van der Waals surface area contributed by atoms with E-state index in [2.05, 4.69) is 93.7 Å². The zero-order valence-corrected chi connectivity index (χ0v) is 65.6. The molecule has 13 amide bonds. The van der Waals surface area contributed by atoms with Crippen molar-refractivity contribution in [3.05, 3.63) is 174 Å². The van der Waals surface area contributed by atoms with Crippen molar-refractivity contribution in [2.75, 3.05) is 45.9 Å². The third kappa shape index (κ3) is 27.5. The van der Waals surface area contributed by atoms with Crippen molar-refractivity contribution in [3.8, 4) is 5.75 Å². The summed E-state index contributed by atoms with van der Waals surface area (Å²) < 4.78 is 0. The second kappa shape index (κ2) is 44.6. The van der Waals surface area contributed by atoms with Crippen LogP contribution in [0.3, 0.4) is 0 Å². The molecule has 38 heteroatoms. The Morgan fingerprint density at radius 2 is 1.22 bits per heavy atom. The predicted octanol–water partition coefficient (Wildman–Crippen LogP) is -1.59. The van der Waals surface area contributed by atoms with Gasteiger partial charge in [0.25, 0.3) is 11.8 Å². The van der Waals surface area contributed by atoms with Crippen LogP contribution in [-0.2, 0) is 85.1 Å². The summed E-state index contributed by atoms with van der Waals surface area (Å²) in [4.78, 5) is 208. The van der Waals surface area contributed by atoms with Crippen molar-refractivity contribution >= 4 is 93.7 Å². The first-order valence-electron chi connectivity index (χ1n) is 39.1. The molecule has 5 aromatic heterocycles. The number of aliphatic hydroxyl groups is 1. The molecule has 9 atom stereocenters. The number of amides is 13. The van der Waals surface area contributed by atoms with E-state index in [9.17, 15) is 63.0 Å². The lowest BCUT2D eigenvalue weighted by Gasteiger charge is -2.31. The van der Waals surface area contributed by atoms with Gasteiger partial charge in [0, 0.05) is 113 Å². The number of phenols is 1. The van der Waals surface area contributed by atoms with Gasteiger partial charge in [-0.15, -0.1) is 0 Å². The summed E-state index contributed by atoms with van der Waals surface area (Å²) in [5.41, 5.74) is 14.7. The number of primary amides is 1. The van der Waals surface area contributed by atoms with Crippen LogP contribution in [0.15, 0.2) is 134 Å². The number of aromatic amines is 2. The number of H-pyrrole nitrogens is 2. The van der Waals surface area contributed by atoms with Gasteiger partial charge in [-0.3, -0.25) is 87.6 Å². The molecular weight excluding hydrogens is 1520 g/mol. The van der Waals surface area contributed by atoms with Gasteiger partial charge in [0.05, 0.1) is 42.1 Å². The Kier molecular flexibility index (Phi) is 33.5. The molecular formula is C80H103N23O15. The van der Waals surface area contributed by atoms with Crippen LogP contribution < -0.4 is 75.3 Å². The zero-order valence-electron chi connectivity index (χ0n) is 65.6. The van der Waals surface area contributed by atoms with E-state index in [0.717, 1.165) is 5.69 Å². The number of imidazole rings is 1. The third-order valence-corrected chi connectivity index (χ3v) is 19.7. The van der Waals surface area contributed by atoms with Gasteiger partial charge in [-0.05, 0) is 129 Å². The van der Waals surface area contributed by atoms with E-state index < -0.39 is 133 Å². The average Bonchev–Trinajstić information content (AvgIpc) is 1.64. The fraction of sp³-hybridized carbons (Fsp3) is 0.425. The standard InChI is InChI=1S/C80H103N23O15/c1-47(2)35-61(73(112)96-60(18-11-31-89-80(82)83)79(118)103-33-12-19-66(103)78(117)92-42-67(81)106)97-71(110)58(17-7-10-30-87-69(108)49-22-23-52(90-39-49)44-102(43-51-13-5-8-28-85-51)34-32-88-70(109)57-16-6-9-29-86-57)95-74(113)62(36-48-20-24-54(105)25-21-48)98-77(116)65(45-104)101-75(114)63(37-50-40-91-56-15-4-3-14-55(50)56)99-76(115)64(38-53-41-84-46-93-53)100-72(111)59-26-27-68(107)94-59/h3-6,8-9,13-16,20-25,28-29,39-41,46-47,58-66,91,104-105H,7,10-12,17-19,26-27,30-38,42-45H2,1-2H3,(H2,81,106)(H,84,93)(H,87,108)(H,88,109)(H,92,117)(H,94,107)(H,95,113)(H,96,112)(H,97,110)(H,98,116)(H,99,115)(H,100,111)(H,101,114)(H4,82,83,89)/t58-,59+,60+,61+,62+,63+,64+,65+,66+/m1/s1. The van der Waals surface area contributed by atoms with E-state index in [1.54, 1.807) is 86.9 Å². The summed E-state index contributed by atoms with van der Waals surface area (Å²) in [5.74, 6) is -10.5. The number of aromatic hydroxyl groups is 1. The molecule has 0 unspecified atom stereocenters. The molecule has 0 spiro atoms.